The fourth-order valence-electron chi connectivity index (χ4n) is 0.652. The molecule has 3 N–H and O–H groups in total. The van der Waals surface area contributed by atoms with Crippen LogP contribution in [0.2, 0.25) is 0 Å². The molecule has 0 amide bonds. The molecule has 0 fully saturated rings. The maximum absolute atomic E-state index is 8.86. The van der Waals surface area contributed by atoms with Gasteiger partial charge in [-0.1, -0.05) is 5.06 Å². The Labute approximate surface area is 55.9 Å². The van der Waals surface area contributed by atoms with Crippen LogP contribution in [0.1, 0.15) is 20.3 Å². The third-order valence-electron chi connectivity index (χ3n) is 1.34. The zero-order chi connectivity index (χ0) is 7.44. The molecule has 0 radical (unpaired) electrons. The van der Waals surface area contributed by atoms with Gasteiger partial charge in [0, 0.05) is 0 Å². The number of hydroxylamine groups is 2. The highest BCUT2D eigenvalue weighted by Gasteiger charge is 2.11. The van der Waals surface area contributed by atoms with E-state index in [-0.39, 0.29) is 12.1 Å². The van der Waals surface area contributed by atoms with Gasteiger partial charge >= 0.3 is 0 Å². The average molecular weight is 134 g/mol. The van der Waals surface area contributed by atoms with Crippen LogP contribution < -0.4 is 0 Å². The van der Waals surface area contributed by atoms with Crippen molar-refractivity contribution in [2.45, 2.75) is 32.4 Å². The van der Waals surface area contributed by atoms with E-state index in [0.29, 0.717) is 6.42 Å². The number of hydrogen-bond acceptors (Lipinski definition) is 2. The predicted molar refractivity (Wildman–Crippen MR) is 37.1 cm³/mol. The van der Waals surface area contributed by atoms with E-state index in [4.69, 9.17) is 10.3 Å². The maximum atomic E-state index is 8.86. The van der Waals surface area contributed by atoms with Crippen molar-refractivity contribution in [1.29, 1.82) is 0 Å². The summed E-state index contributed by atoms with van der Waals surface area (Å²) >= 11 is 0. The summed E-state index contributed by atoms with van der Waals surface area (Å²) in [5.74, 6) is 0. The predicted octanol–water partition coefficient (Wildman–Crippen LogP) is -0.283. The van der Waals surface area contributed by atoms with Crippen LogP contribution in [-0.4, -0.2) is 34.6 Å². The zero-order valence-corrected chi connectivity index (χ0v) is 6.26. The minimum absolute atomic E-state index is 0.144. The molecule has 0 spiro atoms. The second-order valence-corrected chi connectivity index (χ2v) is 2.54. The molecule has 2 atom stereocenters. The van der Waals surface area contributed by atoms with Crippen molar-refractivity contribution in [3.8, 4) is 0 Å². The zero-order valence-electron chi connectivity index (χ0n) is 6.26. The highest BCUT2D eigenvalue weighted by atomic mass is 16.5. The number of aliphatic hydroxyl groups excluding tert-OH is 1. The number of nitrogens with zero attached hydrogens (tertiary/aromatic N) is 1. The molecule has 0 saturated carbocycles. The molecule has 0 aromatic rings. The van der Waals surface area contributed by atoms with E-state index < -0.39 is 0 Å². The summed E-state index contributed by atoms with van der Waals surface area (Å²) in [7, 11) is 1.69. The van der Waals surface area contributed by atoms with E-state index in [1.807, 2.05) is 6.92 Å². The van der Waals surface area contributed by atoms with Gasteiger partial charge in [-0.25, -0.2) is 0 Å². The highest BCUT2D eigenvalue weighted by molar-refractivity contribution is 4.59. The summed E-state index contributed by atoms with van der Waals surface area (Å²) in [5.41, 5.74) is 0. The number of hydrogen-bond donors (Lipinski definition) is 1. The maximum Gasteiger partial charge on any atom is 0.0769 e. The lowest BCUT2D eigenvalue weighted by Gasteiger charge is -2.14. The topological polar surface area (TPSA) is 46.4 Å². The van der Waals surface area contributed by atoms with Crippen molar-refractivity contribution in [3.05, 3.63) is 0 Å². The van der Waals surface area contributed by atoms with Crippen LogP contribution in [-0.2, 0) is 0 Å². The molecule has 0 aliphatic carbocycles. The van der Waals surface area contributed by atoms with Gasteiger partial charge in [0.05, 0.1) is 19.2 Å². The SMILES string of the molecule is CC(O)CC(C)N(C)[OH2+]. The average Bonchev–Trinajstić information content (AvgIpc) is 1.63. The standard InChI is InChI=1S/C6H15NO2/c1-5(7(3)9)4-6(2)8/h5-6,8-9H,4H2,1-3H3/p+1. The third kappa shape index (κ3) is 4.39. The summed E-state index contributed by atoms with van der Waals surface area (Å²) in [6.07, 6.45) is 0.368. The summed E-state index contributed by atoms with van der Waals surface area (Å²) < 4.78 is 0. The van der Waals surface area contributed by atoms with Crippen molar-refractivity contribution >= 4 is 0 Å². The number of rotatable bonds is 3. The van der Waals surface area contributed by atoms with Gasteiger partial charge in [0.2, 0.25) is 0 Å². The van der Waals surface area contributed by atoms with Gasteiger partial charge < -0.3 is 10.3 Å². The monoisotopic (exact) mass is 134 g/mol. The molecule has 0 rings (SSSR count). The quantitative estimate of drug-likeness (QED) is 0.426. The first-order valence-corrected chi connectivity index (χ1v) is 3.16. The van der Waals surface area contributed by atoms with Crippen LogP contribution in [0.25, 0.3) is 0 Å². The summed E-state index contributed by atoms with van der Waals surface area (Å²) in [4.78, 5) is 0. The van der Waals surface area contributed by atoms with Crippen molar-refractivity contribution in [2.75, 3.05) is 7.05 Å². The van der Waals surface area contributed by atoms with Crippen LogP contribution >= 0.6 is 0 Å². The molecule has 2 unspecified atom stereocenters. The lowest BCUT2D eigenvalue weighted by atomic mass is 10.2. The molecular weight excluding hydrogens is 118 g/mol. The summed E-state index contributed by atoms with van der Waals surface area (Å²) in [6, 6.07) is 0.144. The van der Waals surface area contributed by atoms with Crippen LogP contribution in [0.4, 0.5) is 0 Å². The van der Waals surface area contributed by atoms with Crippen molar-refractivity contribution in [3.63, 3.8) is 0 Å². The van der Waals surface area contributed by atoms with E-state index >= 15 is 0 Å². The molecule has 0 aromatic carbocycles. The molecule has 3 nitrogen and oxygen atoms in total. The lowest BCUT2D eigenvalue weighted by molar-refractivity contribution is -0.105. The number of aliphatic hydroxyl groups is 1. The van der Waals surface area contributed by atoms with Crippen LogP contribution in [0.15, 0.2) is 0 Å². The van der Waals surface area contributed by atoms with Crippen LogP contribution in [0.5, 0.6) is 0 Å². The fraction of sp³-hybridized carbons (Fsp3) is 1.00. The summed E-state index contributed by atoms with van der Waals surface area (Å²) in [5, 5.41) is 17.3. The second kappa shape index (κ2) is 3.82. The Kier molecular flexibility index (Phi) is 3.77. The molecule has 0 aromatic heterocycles. The van der Waals surface area contributed by atoms with E-state index in [9.17, 15) is 0 Å². The molecule has 0 saturated heterocycles. The van der Waals surface area contributed by atoms with E-state index in [2.05, 4.69) is 0 Å². The Morgan fingerprint density at radius 1 is 1.56 bits per heavy atom. The first-order chi connectivity index (χ1) is 4.04. The van der Waals surface area contributed by atoms with Crippen molar-refractivity contribution in [2.24, 2.45) is 0 Å². The van der Waals surface area contributed by atoms with Crippen LogP contribution in [0.3, 0.4) is 0 Å². The second-order valence-electron chi connectivity index (χ2n) is 2.54. The molecule has 0 aliphatic rings. The van der Waals surface area contributed by atoms with E-state index in [1.165, 1.54) is 5.06 Å². The lowest BCUT2D eigenvalue weighted by Crippen LogP contribution is -2.28. The molecule has 56 valence electrons. The van der Waals surface area contributed by atoms with Gasteiger partial charge in [-0.3, -0.25) is 0 Å². The smallest absolute Gasteiger partial charge is 0.0769 e. The molecule has 9 heavy (non-hydrogen) atoms. The molecule has 0 heterocycles. The van der Waals surface area contributed by atoms with Gasteiger partial charge in [0.1, 0.15) is 0 Å². The largest absolute Gasteiger partial charge is 0.393 e. The fourth-order valence-corrected chi connectivity index (χ4v) is 0.652. The third-order valence-corrected chi connectivity index (χ3v) is 1.34. The van der Waals surface area contributed by atoms with Gasteiger partial charge in [0.15, 0.2) is 0 Å². The van der Waals surface area contributed by atoms with Crippen molar-refractivity contribution < 1.29 is 10.3 Å². The minimum Gasteiger partial charge on any atom is -0.393 e. The van der Waals surface area contributed by atoms with Gasteiger partial charge in [-0.2, -0.15) is 0 Å². The Bertz CT molecular complexity index is 73.5. The van der Waals surface area contributed by atoms with Gasteiger partial charge in [-0.15, -0.1) is 0 Å². The van der Waals surface area contributed by atoms with Crippen molar-refractivity contribution in [1.82, 2.24) is 5.06 Å². The Hall–Kier alpha value is -0.120. The molecule has 0 aliphatic heterocycles. The molecular formula is C6H16NO2+. The first-order valence-electron chi connectivity index (χ1n) is 3.16. The Morgan fingerprint density at radius 3 is 2.11 bits per heavy atom. The van der Waals surface area contributed by atoms with Gasteiger partial charge in [-0.05, 0) is 20.3 Å². The Morgan fingerprint density at radius 2 is 2.00 bits per heavy atom. The highest BCUT2D eigenvalue weighted by Crippen LogP contribution is 2.00. The van der Waals surface area contributed by atoms with E-state index in [0.717, 1.165) is 0 Å². The Balaban J connectivity index is 3.38. The minimum atomic E-state index is -0.298. The molecule has 0 bridgehead atoms. The summed E-state index contributed by atoms with van der Waals surface area (Å²) in [6.45, 7) is 3.65. The van der Waals surface area contributed by atoms with E-state index in [1.54, 1.807) is 14.0 Å². The molecule has 3 heteroatoms. The normalized spacial score (nSPS) is 18.0. The van der Waals surface area contributed by atoms with Crippen LogP contribution in [0, 0.1) is 0 Å². The first kappa shape index (κ1) is 8.88. The van der Waals surface area contributed by atoms with Gasteiger partial charge in [0.25, 0.3) is 0 Å².